The summed E-state index contributed by atoms with van der Waals surface area (Å²) in [5, 5.41) is 1.47. The Bertz CT molecular complexity index is 653. The summed E-state index contributed by atoms with van der Waals surface area (Å²) in [6.45, 7) is 1.69. The highest BCUT2D eigenvalue weighted by Gasteiger charge is 2.18. The van der Waals surface area contributed by atoms with Crippen molar-refractivity contribution in [2.45, 2.75) is 12.2 Å². The van der Waals surface area contributed by atoms with Crippen molar-refractivity contribution < 1.29 is 8.42 Å². The Labute approximate surface area is 107 Å². The number of hydrogen-bond acceptors (Lipinski definition) is 3. The van der Waals surface area contributed by atoms with E-state index < -0.39 is 15.3 Å². The molecule has 2 rings (SSSR count). The van der Waals surface area contributed by atoms with Crippen molar-refractivity contribution in [2.75, 3.05) is 11.3 Å². The molecule has 0 heterocycles. The first-order valence-electron chi connectivity index (χ1n) is 5.73. The maximum atomic E-state index is 11.9. The average molecular weight is 264 g/mol. The fraction of sp³-hybridized carbons (Fsp3) is 0.231. The van der Waals surface area contributed by atoms with Crippen LogP contribution in [0.4, 0.5) is 5.69 Å². The minimum Gasteiger partial charge on any atom is -0.329 e. The van der Waals surface area contributed by atoms with Crippen LogP contribution >= 0.6 is 0 Å². The Hall–Kier alpha value is -1.59. The predicted octanol–water partition coefficient (Wildman–Crippen LogP) is 1.93. The van der Waals surface area contributed by atoms with Crippen LogP contribution in [0.5, 0.6) is 0 Å². The molecule has 2 aromatic carbocycles. The molecule has 3 N–H and O–H groups in total. The molecule has 0 spiro atoms. The second kappa shape index (κ2) is 4.96. The van der Waals surface area contributed by atoms with E-state index in [2.05, 4.69) is 4.72 Å². The predicted molar refractivity (Wildman–Crippen MR) is 75.0 cm³/mol. The van der Waals surface area contributed by atoms with Crippen LogP contribution in [0, 0.1) is 0 Å². The molecule has 0 saturated heterocycles. The minimum atomic E-state index is -3.41. The highest BCUT2D eigenvalue weighted by atomic mass is 32.2. The fourth-order valence-electron chi connectivity index (χ4n) is 1.64. The molecule has 5 heteroatoms. The lowest BCUT2D eigenvalue weighted by Crippen LogP contribution is -2.31. The molecule has 1 unspecified atom stereocenters. The van der Waals surface area contributed by atoms with Crippen LogP contribution in [0.1, 0.15) is 6.92 Å². The summed E-state index contributed by atoms with van der Waals surface area (Å²) in [6, 6.07) is 13.3. The van der Waals surface area contributed by atoms with Crippen LogP contribution in [0.15, 0.2) is 42.5 Å². The van der Waals surface area contributed by atoms with Gasteiger partial charge in [0.05, 0.1) is 5.25 Å². The van der Waals surface area contributed by atoms with Crippen LogP contribution in [0.3, 0.4) is 0 Å². The van der Waals surface area contributed by atoms with Crippen LogP contribution < -0.4 is 10.5 Å². The topological polar surface area (TPSA) is 72.2 Å². The lowest BCUT2D eigenvalue weighted by molar-refractivity contribution is 0.589. The zero-order valence-electron chi connectivity index (χ0n) is 10.1. The molecule has 0 aromatic heterocycles. The highest BCUT2D eigenvalue weighted by Crippen LogP contribution is 2.20. The molecule has 1 atom stereocenters. The van der Waals surface area contributed by atoms with E-state index >= 15 is 0 Å². The molecular weight excluding hydrogens is 248 g/mol. The van der Waals surface area contributed by atoms with E-state index in [1.54, 1.807) is 13.0 Å². The zero-order chi connectivity index (χ0) is 13.2. The Kier molecular flexibility index (Phi) is 3.54. The van der Waals surface area contributed by atoms with Gasteiger partial charge in [-0.25, -0.2) is 8.42 Å². The highest BCUT2D eigenvalue weighted by molar-refractivity contribution is 7.93. The Morgan fingerprint density at radius 1 is 1.17 bits per heavy atom. The standard InChI is InChI=1S/C13H16N2O2S/c1-10(9-14)18(16,17)15-13-7-6-11-4-2-3-5-12(11)8-13/h2-8,10,15H,9,14H2,1H3. The molecule has 4 nitrogen and oxygen atoms in total. The van der Waals surface area contributed by atoms with Gasteiger partial charge in [-0.2, -0.15) is 0 Å². The number of hydrogen-bond donors (Lipinski definition) is 2. The lowest BCUT2D eigenvalue weighted by atomic mass is 10.1. The second-order valence-corrected chi connectivity index (χ2v) is 6.35. The summed E-state index contributed by atoms with van der Waals surface area (Å²) in [7, 11) is -3.41. The van der Waals surface area contributed by atoms with Gasteiger partial charge in [0, 0.05) is 12.2 Å². The SMILES string of the molecule is CC(CN)S(=O)(=O)Nc1ccc2ccccc2c1. The molecule has 96 valence electrons. The molecule has 0 amide bonds. The summed E-state index contributed by atoms with van der Waals surface area (Å²) in [6.07, 6.45) is 0. The first-order valence-corrected chi connectivity index (χ1v) is 7.28. The van der Waals surface area contributed by atoms with Gasteiger partial charge in [0.1, 0.15) is 0 Å². The zero-order valence-corrected chi connectivity index (χ0v) is 10.9. The van der Waals surface area contributed by atoms with Crippen LogP contribution in [-0.2, 0) is 10.0 Å². The van der Waals surface area contributed by atoms with Crippen molar-refractivity contribution in [1.29, 1.82) is 0 Å². The Morgan fingerprint density at radius 2 is 1.83 bits per heavy atom. The molecule has 2 aromatic rings. The fourth-order valence-corrected chi connectivity index (χ4v) is 2.55. The van der Waals surface area contributed by atoms with Gasteiger partial charge < -0.3 is 5.73 Å². The third-order valence-corrected chi connectivity index (χ3v) is 4.64. The number of rotatable bonds is 4. The second-order valence-electron chi connectivity index (χ2n) is 4.26. The molecular formula is C13H16N2O2S. The molecule has 0 aliphatic heterocycles. The number of benzene rings is 2. The quantitative estimate of drug-likeness (QED) is 0.886. The molecule has 0 saturated carbocycles. The monoisotopic (exact) mass is 264 g/mol. The van der Waals surface area contributed by atoms with Crippen LogP contribution in [0.25, 0.3) is 10.8 Å². The van der Waals surface area contributed by atoms with Crippen molar-refractivity contribution in [3.63, 3.8) is 0 Å². The van der Waals surface area contributed by atoms with Gasteiger partial charge in [0.25, 0.3) is 0 Å². The number of anilines is 1. The summed E-state index contributed by atoms with van der Waals surface area (Å²) in [5.74, 6) is 0. The van der Waals surface area contributed by atoms with Crippen molar-refractivity contribution in [3.8, 4) is 0 Å². The van der Waals surface area contributed by atoms with Crippen molar-refractivity contribution in [2.24, 2.45) is 5.73 Å². The molecule has 0 aliphatic carbocycles. The van der Waals surface area contributed by atoms with Gasteiger partial charge in [-0.1, -0.05) is 30.3 Å². The lowest BCUT2D eigenvalue weighted by Gasteiger charge is -2.13. The van der Waals surface area contributed by atoms with Gasteiger partial charge in [0.15, 0.2) is 0 Å². The van der Waals surface area contributed by atoms with Crippen molar-refractivity contribution >= 4 is 26.5 Å². The summed E-state index contributed by atoms with van der Waals surface area (Å²) in [4.78, 5) is 0. The van der Waals surface area contributed by atoms with E-state index in [-0.39, 0.29) is 6.54 Å². The van der Waals surface area contributed by atoms with E-state index in [1.165, 1.54) is 0 Å². The minimum absolute atomic E-state index is 0.100. The summed E-state index contributed by atoms with van der Waals surface area (Å²) >= 11 is 0. The Morgan fingerprint density at radius 3 is 2.50 bits per heavy atom. The maximum absolute atomic E-state index is 11.9. The molecule has 0 fully saturated rings. The molecule has 0 aliphatic rings. The van der Waals surface area contributed by atoms with Gasteiger partial charge >= 0.3 is 0 Å². The molecule has 18 heavy (non-hydrogen) atoms. The van der Waals surface area contributed by atoms with Crippen LogP contribution in [-0.4, -0.2) is 20.2 Å². The van der Waals surface area contributed by atoms with Crippen molar-refractivity contribution in [3.05, 3.63) is 42.5 Å². The number of fused-ring (bicyclic) bond motifs is 1. The van der Waals surface area contributed by atoms with Gasteiger partial charge in [-0.15, -0.1) is 0 Å². The molecule has 0 bridgehead atoms. The third kappa shape index (κ3) is 2.63. The van der Waals surface area contributed by atoms with Crippen molar-refractivity contribution in [1.82, 2.24) is 0 Å². The Balaban J connectivity index is 2.33. The summed E-state index contributed by atoms with van der Waals surface area (Å²) in [5.41, 5.74) is 5.95. The average Bonchev–Trinajstić information content (AvgIpc) is 2.37. The van der Waals surface area contributed by atoms with E-state index in [1.807, 2.05) is 36.4 Å². The van der Waals surface area contributed by atoms with E-state index in [4.69, 9.17) is 5.73 Å². The van der Waals surface area contributed by atoms with E-state index in [9.17, 15) is 8.42 Å². The maximum Gasteiger partial charge on any atom is 0.236 e. The number of nitrogens with one attached hydrogen (secondary N) is 1. The molecule has 0 radical (unpaired) electrons. The van der Waals surface area contributed by atoms with E-state index in [0.717, 1.165) is 10.8 Å². The van der Waals surface area contributed by atoms with Gasteiger partial charge in [-0.3, -0.25) is 4.72 Å². The normalized spacial score (nSPS) is 13.4. The number of sulfonamides is 1. The third-order valence-electron chi connectivity index (χ3n) is 2.87. The largest absolute Gasteiger partial charge is 0.329 e. The van der Waals surface area contributed by atoms with Gasteiger partial charge in [0.2, 0.25) is 10.0 Å². The first kappa shape index (κ1) is 12.9. The number of nitrogens with two attached hydrogens (primary N) is 1. The smallest absolute Gasteiger partial charge is 0.236 e. The van der Waals surface area contributed by atoms with Gasteiger partial charge in [-0.05, 0) is 29.8 Å². The summed E-state index contributed by atoms with van der Waals surface area (Å²) < 4.78 is 26.3. The van der Waals surface area contributed by atoms with Crippen LogP contribution in [0.2, 0.25) is 0 Å². The first-order chi connectivity index (χ1) is 8.53. The van der Waals surface area contributed by atoms with E-state index in [0.29, 0.717) is 5.69 Å².